The van der Waals surface area contributed by atoms with Gasteiger partial charge < -0.3 is 4.74 Å². The van der Waals surface area contributed by atoms with Gasteiger partial charge in [-0.25, -0.2) is 4.79 Å². The van der Waals surface area contributed by atoms with Gasteiger partial charge in [-0.3, -0.25) is 4.98 Å². The first-order valence-corrected chi connectivity index (χ1v) is 3.28. The Bertz CT molecular complexity index is 339. The lowest BCUT2D eigenvalue weighted by Crippen LogP contribution is -2.01. The molecule has 0 N–H and O–H groups in total. The maximum absolute atomic E-state index is 11.0. The van der Waals surface area contributed by atoms with E-state index >= 15 is 0 Å². The molecule has 0 fully saturated rings. The van der Waals surface area contributed by atoms with Crippen molar-refractivity contribution in [2.75, 3.05) is 7.11 Å². The molecule has 1 rings (SSSR count). The zero-order chi connectivity index (χ0) is 8.97. The third kappa shape index (κ3) is 1.61. The van der Waals surface area contributed by atoms with Crippen LogP contribution in [0.2, 0.25) is 0 Å². The van der Waals surface area contributed by atoms with Crippen molar-refractivity contribution in [3.8, 4) is 12.3 Å². The standard InChI is InChI=1S/C9H7NO2/c1-3-7-4-8(6-10-5-7)9(11)12-2/h1,4-6H,2H3. The number of aromatic nitrogens is 1. The lowest BCUT2D eigenvalue weighted by Gasteiger charge is -1.97. The van der Waals surface area contributed by atoms with Crippen molar-refractivity contribution in [1.29, 1.82) is 0 Å². The topological polar surface area (TPSA) is 39.2 Å². The van der Waals surface area contributed by atoms with Gasteiger partial charge >= 0.3 is 5.97 Å². The number of nitrogens with zero attached hydrogens (tertiary/aromatic N) is 1. The van der Waals surface area contributed by atoms with Gasteiger partial charge in [-0.2, -0.15) is 0 Å². The number of methoxy groups -OCH3 is 1. The molecule has 12 heavy (non-hydrogen) atoms. The summed E-state index contributed by atoms with van der Waals surface area (Å²) in [6, 6.07) is 1.55. The largest absolute Gasteiger partial charge is 0.465 e. The highest BCUT2D eigenvalue weighted by atomic mass is 16.5. The summed E-state index contributed by atoms with van der Waals surface area (Å²) < 4.78 is 4.49. The van der Waals surface area contributed by atoms with Crippen molar-refractivity contribution >= 4 is 5.97 Å². The van der Waals surface area contributed by atoms with Gasteiger partial charge in [0.25, 0.3) is 0 Å². The molecule has 0 aromatic carbocycles. The third-order valence-corrected chi connectivity index (χ3v) is 1.33. The number of hydrogen-bond acceptors (Lipinski definition) is 3. The molecule has 0 aliphatic rings. The quantitative estimate of drug-likeness (QED) is 0.452. The van der Waals surface area contributed by atoms with Crippen LogP contribution in [0.15, 0.2) is 18.5 Å². The number of ether oxygens (including phenoxy) is 1. The summed E-state index contributed by atoms with van der Waals surface area (Å²) in [5.41, 5.74) is 0.936. The Kier molecular flexibility index (Phi) is 2.44. The molecular formula is C9H7NO2. The SMILES string of the molecule is C#Cc1cncc(C(=O)OC)c1. The highest BCUT2D eigenvalue weighted by Crippen LogP contribution is 2.02. The average molecular weight is 161 g/mol. The molecule has 0 radical (unpaired) electrons. The lowest BCUT2D eigenvalue weighted by molar-refractivity contribution is 0.0600. The van der Waals surface area contributed by atoms with E-state index in [-0.39, 0.29) is 0 Å². The van der Waals surface area contributed by atoms with Crippen LogP contribution in [0, 0.1) is 12.3 Å². The highest BCUT2D eigenvalue weighted by molar-refractivity contribution is 5.89. The average Bonchev–Trinajstić information content (AvgIpc) is 2.17. The third-order valence-electron chi connectivity index (χ3n) is 1.33. The van der Waals surface area contributed by atoms with E-state index in [9.17, 15) is 4.79 Å². The molecule has 1 heterocycles. The molecule has 0 aliphatic carbocycles. The van der Waals surface area contributed by atoms with Crippen LogP contribution in [0.3, 0.4) is 0 Å². The fourth-order valence-corrected chi connectivity index (χ4v) is 0.748. The summed E-state index contributed by atoms with van der Waals surface area (Å²) in [7, 11) is 1.31. The van der Waals surface area contributed by atoms with Crippen LogP contribution in [0.4, 0.5) is 0 Å². The monoisotopic (exact) mass is 161 g/mol. The first-order valence-electron chi connectivity index (χ1n) is 3.28. The van der Waals surface area contributed by atoms with E-state index < -0.39 is 5.97 Å². The van der Waals surface area contributed by atoms with Crippen molar-refractivity contribution in [3.05, 3.63) is 29.6 Å². The van der Waals surface area contributed by atoms with Crippen LogP contribution >= 0.6 is 0 Å². The number of carbonyl (C=O) groups excluding carboxylic acids is 1. The summed E-state index contributed by atoms with van der Waals surface area (Å²) in [5, 5.41) is 0. The Labute approximate surface area is 70.4 Å². The number of hydrogen-bond donors (Lipinski definition) is 0. The number of rotatable bonds is 1. The molecule has 3 heteroatoms. The summed E-state index contributed by atoms with van der Waals surface area (Å²) >= 11 is 0. The predicted molar refractivity (Wildman–Crippen MR) is 43.5 cm³/mol. The Morgan fingerprint density at radius 1 is 1.67 bits per heavy atom. The van der Waals surface area contributed by atoms with E-state index in [1.807, 2.05) is 0 Å². The first-order chi connectivity index (χ1) is 5.77. The molecule has 0 atom stereocenters. The van der Waals surface area contributed by atoms with Gasteiger partial charge in [0, 0.05) is 18.0 Å². The van der Waals surface area contributed by atoms with Crippen molar-refractivity contribution in [3.63, 3.8) is 0 Å². The molecule has 1 aromatic heterocycles. The summed E-state index contributed by atoms with van der Waals surface area (Å²) in [4.78, 5) is 14.7. The van der Waals surface area contributed by atoms with Crippen LogP contribution < -0.4 is 0 Å². The maximum atomic E-state index is 11.0. The maximum Gasteiger partial charge on any atom is 0.339 e. The normalized spacial score (nSPS) is 8.67. The Morgan fingerprint density at radius 2 is 2.42 bits per heavy atom. The van der Waals surface area contributed by atoms with E-state index in [0.717, 1.165) is 0 Å². The molecule has 1 aromatic rings. The van der Waals surface area contributed by atoms with E-state index in [1.54, 1.807) is 6.07 Å². The number of pyridine rings is 1. The van der Waals surface area contributed by atoms with E-state index in [2.05, 4.69) is 15.6 Å². The second-order valence-electron chi connectivity index (χ2n) is 2.10. The van der Waals surface area contributed by atoms with Gasteiger partial charge in [-0.05, 0) is 6.07 Å². The van der Waals surface area contributed by atoms with Crippen LogP contribution in [-0.2, 0) is 4.74 Å². The van der Waals surface area contributed by atoms with Crippen LogP contribution in [0.25, 0.3) is 0 Å². The second kappa shape index (κ2) is 3.54. The second-order valence-corrected chi connectivity index (χ2v) is 2.10. The van der Waals surface area contributed by atoms with E-state index in [1.165, 1.54) is 19.5 Å². The highest BCUT2D eigenvalue weighted by Gasteiger charge is 2.04. The molecule has 0 aliphatic heterocycles. The summed E-state index contributed by atoms with van der Waals surface area (Å²) in [5.74, 6) is 1.95. The van der Waals surface area contributed by atoms with Crippen molar-refractivity contribution in [1.82, 2.24) is 4.98 Å². The summed E-state index contributed by atoms with van der Waals surface area (Å²) in [6.45, 7) is 0. The van der Waals surface area contributed by atoms with Gasteiger partial charge in [-0.15, -0.1) is 6.42 Å². The molecule has 0 unspecified atom stereocenters. The molecule has 0 saturated heterocycles. The van der Waals surface area contributed by atoms with Crippen molar-refractivity contribution in [2.45, 2.75) is 0 Å². The molecule has 60 valence electrons. The lowest BCUT2D eigenvalue weighted by atomic mass is 10.2. The van der Waals surface area contributed by atoms with Crippen molar-refractivity contribution in [2.24, 2.45) is 0 Å². The summed E-state index contributed by atoms with van der Waals surface area (Å²) in [6.07, 6.45) is 8.03. The van der Waals surface area contributed by atoms with Gasteiger partial charge in [0.2, 0.25) is 0 Å². The number of carbonyl (C=O) groups is 1. The Morgan fingerprint density at radius 3 is 3.00 bits per heavy atom. The smallest absolute Gasteiger partial charge is 0.339 e. The molecule has 0 spiro atoms. The molecule has 0 amide bonds. The van der Waals surface area contributed by atoms with Crippen LogP contribution in [0.1, 0.15) is 15.9 Å². The minimum atomic E-state index is -0.431. The minimum Gasteiger partial charge on any atom is -0.465 e. The van der Waals surface area contributed by atoms with E-state index in [4.69, 9.17) is 6.42 Å². The Balaban J connectivity index is 3.04. The van der Waals surface area contributed by atoms with Crippen LogP contribution in [0.5, 0.6) is 0 Å². The fraction of sp³-hybridized carbons (Fsp3) is 0.111. The zero-order valence-electron chi connectivity index (χ0n) is 6.57. The van der Waals surface area contributed by atoms with Crippen molar-refractivity contribution < 1.29 is 9.53 Å². The van der Waals surface area contributed by atoms with Gasteiger partial charge in [0.15, 0.2) is 0 Å². The minimum absolute atomic E-state index is 0.368. The van der Waals surface area contributed by atoms with Gasteiger partial charge in [0.1, 0.15) is 0 Å². The number of terminal acetylenes is 1. The molecule has 3 nitrogen and oxygen atoms in total. The first kappa shape index (κ1) is 8.28. The Hall–Kier alpha value is -1.82. The van der Waals surface area contributed by atoms with Gasteiger partial charge in [0.05, 0.1) is 12.7 Å². The molecule has 0 bridgehead atoms. The predicted octanol–water partition coefficient (Wildman–Crippen LogP) is 0.849. The fourth-order valence-electron chi connectivity index (χ4n) is 0.748. The van der Waals surface area contributed by atoms with Gasteiger partial charge in [-0.1, -0.05) is 5.92 Å². The van der Waals surface area contributed by atoms with E-state index in [0.29, 0.717) is 11.1 Å². The molecular weight excluding hydrogens is 154 g/mol. The molecule has 0 saturated carbocycles. The van der Waals surface area contributed by atoms with Crippen LogP contribution in [-0.4, -0.2) is 18.1 Å². The zero-order valence-corrected chi connectivity index (χ0v) is 6.57. The number of esters is 1.